The SMILES string of the molecule is COc1cc(C(=O)NCc2cnn(C)c2)ccc1OCc1ccc(Cl)cc1. The van der Waals surface area contributed by atoms with E-state index < -0.39 is 0 Å². The van der Waals surface area contributed by atoms with E-state index in [9.17, 15) is 4.79 Å². The molecule has 2 aromatic carbocycles. The summed E-state index contributed by atoms with van der Waals surface area (Å²) < 4.78 is 12.9. The molecule has 3 aromatic rings. The molecule has 7 heteroatoms. The van der Waals surface area contributed by atoms with Crippen LogP contribution in [0.3, 0.4) is 0 Å². The van der Waals surface area contributed by atoms with E-state index in [2.05, 4.69) is 10.4 Å². The topological polar surface area (TPSA) is 65.4 Å². The fourth-order valence-corrected chi connectivity index (χ4v) is 2.64. The van der Waals surface area contributed by atoms with E-state index in [0.717, 1.165) is 11.1 Å². The molecule has 1 amide bonds. The molecule has 0 bridgehead atoms. The largest absolute Gasteiger partial charge is 0.493 e. The number of benzene rings is 2. The second-order valence-corrected chi connectivity index (χ2v) is 6.42. The fourth-order valence-electron chi connectivity index (χ4n) is 2.52. The van der Waals surface area contributed by atoms with Crippen LogP contribution in [-0.2, 0) is 20.2 Å². The van der Waals surface area contributed by atoms with Crippen molar-refractivity contribution >= 4 is 17.5 Å². The molecule has 0 aliphatic heterocycles. The van der Waals surface area contributed by atoms with E-state index in [4.69, 9.17) is 21.1 Å². The predicted molar refractivity (Wildman–Crippen MR) is 103 cm³/mol. The van der Waals surface area contributed by atoms with Crippen molar-refractivity contribution in [1.29, 1.82) is 0 Å². The van der Waals surface area contributed by atoms with Crippen molar-refractivity contribution in [2.45, 2.75) is 13.2 Å². The summed E-state index contributed by atoms with van der Waals surface area (Å²) in [6.45, 7) is 0.782. The Morgan fingerprint density at radius 3 is 2.59 bits per heavy atom. The number of nitrogens with one attached hydrogen (secondary N) is 1. The number of carbonyl (C=O) groups is 1. The quantitative estimate of drug-likeness (QED) is 0.675. The number of amides is 1. The predicted octanol–water partition coefficient (Wildman–Crippen LogP) is 3.59. The first-order chi connectivity index (χ1) is 13.0. The monoisotopic (exact) mass is 385 g/mol. The summed E-state index contributed by atoms with van der Waals surface area (Å²) in [6.07, 6.45) is 3.57. The summed E-state index contributed by atoms with van der Waals surface area (Å²) in [4.78, 5) is 12.4. The van der Waals surface area contributed by atoms with E-state index in [1.54, 1.807) is 36.2 Å². The molecule has 0 aliphatic rings. The number of aromatic nitrogens is 2. The highest BCUT2D eigenvalue weighted by molar-refractivity contribution is 6.30. The maximum Gasteiger partial charge on any atom is 0.251 e. The number of halogens is 1. The van der Waals surface area contributed by atoms with Crippen molar-refractivity contribution in [1.82, 2.24) is 15.1 Å². The maximum absolute atomic E-state index is 12.4. The molecule has 0 atom stereocenters. The molecule has 6 nitrogen and oxygen atoms in total. The van der Waals surface area contributed by atoms with Crippen LogP contribution in [0, 0.1) is 0 Å². The Hall–Kier alpha value is -2.99. The third-order valence-corrected chi connectivity index (χ3v) is 4.20. The maximum atomic E-state index is 12.4. The molecule has 0 saturated heterocycles. The molecular formula is C20H20ClN3O3. The first-order valence-corrected chi connectivity index (χ1v) is 8.74. The normalized spacial score (nSPS) is 10.5. The van der Waals surface area contributed by atoms with Crippen LogP contribution < -0.4 is 14.8 Å². The second kappa shape index (κ2) is 8.60. The number of methoxy groups -OCH3 is 1. The van der Waals surface area contributed by atoms with Gasteiger partial charge in [0.15, 0.2) is 11.5 Å². The van der Waals surface area contributed by atoms with Gasteiger partial charge in [0.05, 0.1) is 13.3 Å². The molecule has 0 spiro atoms. The lowest BCUT2D eigenvalue weighted by Crippen LogP contribution is -2.22. The molecule has 27 heavy (non-hydrogen) atoms. The highest BCUT2D eigenvalue weighted by atomic mass is 35.5. The Labute approximate surface area is 162 Å². The molecule has 1 heterocycles. The van der Waals surface area contributed by atoms with E-state index in [-0.39, 0.29) is 5.91 Å². The number of ether oxygens (including phenoxy) is 2. The van der Waals surface area contributed by atoms with Gasteiger partial charge in [-0.25, -0.2) is 0 Å². The third-order valence-electron chi connectivity index (χ3n) is 3.94. The molecule has 0 unspecified atom stereocenters. The van der Waals surface area contributed by atoms with Gasteiger partial charge < -0.3 is 14.8 Å². The molecule has 1 N–H and O–H groups in total. The van der Waals surface area contributed by atoms with Crippen LogP contribution in [0.15, 0.2) is 54.9 Å². The Morgan fingerprint density at radius 1 is 1.15 bits per heavy atom. The zero-order chi connectivity index (χ0) is 19.2. The molecule has 140 valence electrons. The van der Waals surface area contributed by atoms with Crippen molar-refractivity contribution in [2.75, 3.05) is 7.11 Å². The number of nitrogens with zero attached hydrogens (tertiary/aromatic N) is 2. The lowest BCUT2D eigenvalue weighted by Gasteiger charge is -2.12. The van der Waals surface area contributed by atoms with Crippen LogP contribution in [0.5, 0.6) is 11.5 Å². The van der Waals surface area contributed by atoms with E-state index >= 15 is 0 Å². The summed E-state index contributed by atoms with van der Waals surface area (Å²) >= 11 is 5.89. The third kappa shape index (κ3) is 5.01. The Bertz CT molecular complexity index is 922. The van der Waals surface area contributed by atoms with Gasteiger partial charge in [-0.2, -0.15) is 5.10 Å². The zero-order valence-corrected chi connectivity index (χ0v) is 15.9. The van der Waals surface area contributed by atoms with Crippen LogP contribution in [0.25, 0.3) is 0 Å². The van der Waals surface area contributed by atoms with Crippen molar-refractivity contribution in [3.63, 3.8) is 0 Å². The van der Waals surface area contributed by atoms with Gasteiger partial charge in [-0.15, -0.1) is 0 Å². The Morgan fingerprint density at radius 2 is 1.93 bits per heavy atom. The highest BCUT2D eigenvalue weighted by Gasteiger charge is 2.12. The van der Waals surface area contributed by atoms with Crippen molar-refractivity contribution < 1.29 is 14.3 Å². The summed E-state index contributed by atoms with van der Waals surface area (Å²) in [5.74, 6) is 0.871. The van der Waals surface area contributed by atoms with Crippen LogP contribution in [0.1, 0.15) is 21.5 Å². The summed E-state index contributed by atoms with van der Waals surface area (Å²) in [5, 5.41) is 7.62. The number of rotatable bonds is 7. The standard InChI is InChI=1S/C20H20ClN3O3/c1-24-12-15(11-23-24)10-22-20(25)16-5-8-18(19(9-16)26-2)27-13-14-3-6-17(21)7-4-14/h3-9,11-12H,10,13H2,1-2H3,(H,22,25). The number of hydrogen-bond acceptors (Lipinski definition) is 4. The van der Waals surface area contributed by atoms with E-state index in [1.807, 2.05) is 37.5 Å². The van der Waals surface area contributed by atoms with Crippen molar-refractivity contribution in [3.8, 4) is 11.5 Å². The molecule has 1 aromatic heterocycles. The number of aryl methyl sites for hydroxylation is 1. The minimum absolute atomic E-state index is 0.193. The van der Waals surface area contributed by atoms with Gasteiger partial charge in [-0.3, -0.25) is 9.48 Å². The van der Waals surface area contributed by atoms with Gasteiger partial charge in [-0.05, 0) is 35.9 Å². The number of carbonyl (C=O) groups excluding carboxylic acids is 1. The summed E-state index contributed by atoms with van der Waals surface area (Å²) in [5.41, 5.74) is 2.41. The summed E-state index contributed by atoms with van der Waals surface area (Å²) in [6, 6.07) is 12.5. The minimum atomic E-state index is -0.193. The van der Waals surface area contributed by atoms with E-state index in [1.165, 1.54) is 0 Å². The minimum Gasteiger partial charge on any atom is -0.493 e. The molecule has 0 fully saturated rings. The van der Waals surface area contributed by atoms with Crippen LogP contribution in [-0.4, -0.2) is 22.8 Å². The van der Waals surface area contributed by atoms with Crippen LogP contribution in [0.2, 0.25) is 5.02 Å². The first kappa shape index (κ1) is 18.8. The van der Waals surface area contributed by atoms with Gasteiger partial charge in [0.1, 0.15) is 6.61 Å². The zero-order valence-electron chi connectivity index (χ0n) is 15.1. The summed E-state index contributed by atoms with van der Waals surface area (Å²) in [7, 11) is 3.38. The lowest BCUT2D eigenvalue weighted by atomic mass is 10.2. The Balaban J connectivity index is 1.64. The molecule has 0 saturated carbocycles. The van der Waals surface area contributed by atoms with Gasteiger partial charge in [0.2, 0.25) is 0 Å². The number of hydrogen-bond donors (Lipinski definition) is 1. The smallest absolute Gasteiger partial charge is 0.251 e. The average molecular weight is 386 g/mol. The van der Waals surface area contributed by atoms with Gasteiger partial charge in [-0.1, -0.05) is 23.7 Å². The van der Waals surface area contributed by atoms with Crippen LogP contribution in [0.4, 0.5) is 0 Å². The average Bonchev–Trinajstić information content (AvgIpc) is 3.10. The highest BCUT2D eigenvalue weighted by Crippen LogP contribution is 2.29. The lowest BCUT2D eigenvalue weighted by molar-refractivity contribution is 0.0950. The van der Waals surface area contributed by atoms with Crippen molar-refractivity contribution in [2.24, 2.45) is 7.05 Å². The van der Waals surface area contributed by atoms with Gasteiger partial charge >= 0.3 is 0 Å². The molecule has 0 aliphatic carbocycles. The first-order valence-electron chi connectivity index (χ1n) is 8.36. The van der Waals surface area contributed by atoms with Gasteiger partial charge in [0.25, 0.3) is 5.91 Å². The van der Waals surface area contributed by atoms with Crippen LogP contribution >= 0.6 is 11.6 Å². The van der Waals surface area contributed by atoms with Gasteiger partial charge in [0, 0.05) is 35.9 Å². The molecule has 3 rings (SSSR count). The second-order valence-electron chi connectivity index (χ2n) is 5.99. The van der Waals surface area contributed by atoms with Crippen molar-refractivity contribution in [3.05, 3.63) is 76.6 Å². The molecule has 0 radical (unpaired) electrons. The molecular weight excluding hydrogens is 366 g/mol. The van der Waals surface area contributed by atoms with E-state index in [0.29, 0.717) is 35.2 Å². The Kier molecular flexibility index (Phi) is 5.98. The fraction of sp³-hybridized carbons (Fsp3) is 0.200.